The third-order valence-electron chi connectivity index (χ3n) is 3.63. The molecule has 2 heteroatoms. The first kappa shape index (κ1) is 12.6. The normalized spacial score (nSPS) is 18.4. The number of rotatable bonds is 6. The Morgan fingerprint density at radius 3 is 2.59 bits per heavy atom. The van der Waals surface area contributed by atoms with E-state index in [0.717, 1.165) is 18.9 Å². The maximum absolute atomic E-state index is 9.93. The smallest absolute Gasteiger partial charge is 0.0667 e. The molecule has 2 N–H and O–H groups in total. The third-order valence-corrected chi connectivity index (χ3v) is 3.63. The van der Waals surface area contributed by atoms with Gasteiger partial charge in [-0.25, -0.2) is 0 Å². The topological polar surface area (TPSA) is 32.3 Å². The minimum atomic E-state index is -0.179. The summed E-state index contributed by atoms with van der Waals surface area (Å²) >= 11 is 0. The van der Waals surface area contributed by atoms with Crippen LogP contribution in [0, 0.1) is 5.92 Å². The van der Waals surface area contributed by atoms with Crippen molar-refractivity contribution in [1.82, 2.24) is 5.32 Å². The zero-order valence-corrected chi connectivity index (χ0v) is 10.4. The number of hydrogen-bond donors (Lipinski definition) is 2. The van der Waals surface area contributed by atoms with Crippen LogP contribution in [0.25, 0.3) is 0 Å². The lowest BCUT2D eigenvalue weighted by Gasteiger charge is -2.15. The maximum atomic E-state index is 9.93. The second-order valence-electron chi connectivity index (χ2n) is 5.16. The lowest BCUT2D eigenvalue weighted by molar-refractivity contribution is 0.140. The summed E-state index contributed by atoms with van der Waals surface area (Å²) in [6.07, 6.45) is 6.14. The molecule has 2 nitrogen and oxygen atoms in total. The zero-order valence-electron chi connectivity index (χ0n) is 10.4. The molecule has 0 radical (unpaired) electrons. The Kier molecular flexibility index (Phi) is 5.02. The first-order valence-corrected chi connectivity index (χ1v) is 6.77. The van der Waals surface area contributed by atoms with Gasteiger partial charge < -0.3 is 10.4 Å². The molecule has 17 heavy (non-hydrogen) atoms. The molecule has 0 heterocycles. The van der Waals surface area contributed by atoms with Gasteiger partial charge in [-0.05, 0) is 17.9 Å². The van der Waals surface area contributed by atoms with Gasteiger partial charge in [0, 0.05) is 13.1 Å². The number of hydrogen-bond acceptors (Lipinski definition) is 2. The molecule has 94 valence electrons. The van der Waals surface area contributed by atoms with E-state index in [1.54, 1.807) is 0 Å². The predicted molar refractivity (Wildman–Crippen MR) is 70.7 cm³/mol. The van der Waals surface area contributed by atoms with Gasteiger partial charge in [0.2, 0.25) is 0 Å². The first-order valence-electron chi connectivity index (χ1n) is 6.77. The Balaban J connectivity index is 1.61. The summed E-state index contributed by atoms with van der Waals surface area (Å²) in [5, 5.41) is 13.3. The summed E-state index contributed by atoms with van der Waals surface area (Å²) in [6.45, 7) is 1.56. The second kappa shape index (κ2) is 6.77. The van der Waals surface area contributed by atoms with Crippen LogP contribution in [0.2, 0.25) is 0 Å². The van der Waals surface area contributed by atoms with Crippen molar-refractivity contribution in [2.75, 3.05) is 6.54 Å². The average molecular weight is 233 g/mol. The molecule has 1 aromatic rings. The van der Waals surface area contributed by atoms with Gasteiger partial charge in [-0.2, -0.15) is 0 Å². The summed E-state index contributed by atoms with van der Waals surface area (Å²) in [4.78, 5) is 0. The van der Waals surface area contributed by atoms with Crippen molar-refractivity contribution in [3.63, 3.8) is 0 Å². The van der Waals surface area contributed by atoms with Crippen LogP contribution >= 0.6 is 0 Å². The van der Waals surface area contributed by atoms with E-state index in [4.69, 9.17) is 0 Å². The highest BCUT2D eigenvalue weighted by Gasteiger charge is 2.18. The second-order valence-corrected chi connectivity index (χ2v) is 5.16. The fraction of sp³-hybridized carbons (Fsp3) is 0.600. The average Bonchev–Trinajstić information content (AvgIpc) is 2.83. The van der Waals surface area contributed by atoms with E-state index in [2.05, 4.69) is 17.4 Å². The monoisotopic (exact) mass is 233 g/mol. The van der Waals surface area contributed by atoms with Gasteiger partial charge in [-0.15, -0.1) is 0 Å². The number of benzene rings is 1. The molecule has 0 amide bonds. The highest BCUT2D eigenvalue weighted by molar-refractivity contribution is 5.14. The standard InChI is InChI=1S/C15H23NO/c17-15(10-13-6-4-5-7-13)12-16-11-14-8-2-1-3-9-14/h1-3,8-9,13,15-17H,4-7,10-12H2. The van der Waals surface area contributed by atoms with Crippen LogP contribution in [-0.2, 0) is 6.54 Å². The highest BCUT2D eigenvalue weighted by atomic mass is 16.3. The summed E-state index contributed by atoms with van der Waals surface area (Å²) in [6, 6.07) is 10.3. The largest absolute Gasteiger partial charge is 0.392 e. The Bertz CT molecular complexity index is 306. The highest BCUT2D eigenvalue weighted by Crippen LogP contribution is 2.28. The predicted octanol–water partition coefficient (Wildman–Crippen LogP) is 2.72. The fourth-order valence-electron chi connectivity index (χ4n) is 2.69. The Labute approximate surface area is 104 Å². The van der Waals surface area contributed by atoms with Gasteiger partial charge in [0.05, 0.1) is 6.10 Å². The molecule has 1 unspecified atom stereocenters. The summed E-state index contributed by atoms with van der Waals surface area (Å²) in [5.41, 5.74) is 1.28. The Morgan fingerprint density at radius 2 is 1.88 bits per heavy atom. The van der Waals surface area contributed by atoms with E-state index in [1.165, 1.54) is 31.2 Å². The van der Waals surface area contributed by atoms with Crippen LogP contribution in [0.3, 0.4) is 0 Å². The van der Waals surface area contributed by atoms with E-state index in [-0.39, 0.29) is 6.10 Å². The van der Waals surface area contributed by atoms with Crippen molar-refractivity contribution in [3.8, 4) is 0 Å². The molecule has 0 saturated heterocycles. The molecule has 2 rings (SSSR count). The zero-order chi connectivity index (χ0) is 11.9. The van der Waals surface area contributed by atoms with E-state index in [0.29, 0.717) is 6.54 Å². The SMILES string of the molecule is OC(CNCc1ccccc1)CC1CCCC1. The van der Waals surface area contributed by atoms with Gasteiger partial charge in [0.25, 0.3) is 0 Å². The molecule has 1 atom stereocenters. The van der Waals surface area contributed by atoms with Crippen molar-refractivity contribution < 1.29 is 5.11 Å². The van der Waals surface area contributed by atoms with Crippen LogP contribution in [0.1, 0.15) is 37.7 Å². The van der Waals surface area contributed by atoms with Crippen LogP contribution in [0.4, 0.5) is 0 Å². The van der Waals surface area contributed by atoms with Gasteiger partial charge in [0.1, 0.15) is 0 Å². The summed E-state index contributed by atoms with van der Waals surface area (Å²) in [7, 11) is 0. The van der Waals surface area contributed by atoms with Gasteiger partial charge >= 0.3 is 0 Å². The molecule has 1 aliphatic rings. The Hall–Kier alpha value is -0.860. The molecule has 1 aromatic carbocycles. The van der Waals surface area contributed by atoms with Gasteiger partial charge in [-0.3, -0.25) is 0 Å². The Morgan fingerprint density at radius 1 is 1.18 bits per heavy atom. The molecular formula is C15H23NO. The molecular weight excluding hydrogens is 210 g/mol. The van der Waals surface area contributed by atoms with Crippen molar-refractivity contribution >= 4 is 0 Å². The summed E-state index contributed by atoms with van der Waals surface area (Å²) in [5.74, 6) is 0.767. The first-order chi connectivity index (χ1) is 8.34. The van der Waals surface area contributed by atoms with Crippen LogP contribution in [0.15, 0.2) is 30.3 Å². The van der Waals surface area contributed by atoms with Crippen molar-refractivity contribution in [2.24, 2.45) is 5.92 Å². The molecule has 0 aliphatic heterocycles. The summed E-state index contributed by atoms with van der Waals surface area (Å²) < 4.78 is 0. The number of aliphatic hydroxyl groups is 1. The lowest BCUT2D eigenvalue weighted by Crippen LogP contribution is -2.27. The number of aliphatic hydroxyl groups excluding tert-OH is 1. The minimum absolute atomic E-state index is 0.179. The van der Waals surface area contributed by atoms with E-state index in [9.17, 15) is 5.11 Å². The molecule has 1 fully saturated rings. The third kappa shape index (κ3) is 4.49. The molecule has 1 aliphatic carbocycles. The maximum Gasteiger partial charge on any atom is 0.0667 e. The lowest BCUT2D eigenvalue weighted by atomic mass is 10.00. The van der Waals surface area contributed by atoms with E-state index >= 15 is 0 Å². The minimum Gasteiger partial charge on any atom is -0.392 e. The molecule has 1 saturated carbocycles. The van der Waals surface area contributed by atoms with Crippen molar-refractivity contribution in [2.45, 2.75) is 44.8 Å². The van der Waals surface area contributed by atoms with Crippen molar-refractivity contribution in [3.05, 3.63) is 35.9 Å². The van der Waals surface area contributed by atoms with Crippen LogP contribution in [-0.4, -0.2) is 17.8 Å². The van der Waals surface area contributed by atoms with Gasteiger partial charge in [-0.1, -0.05) is 56.0 Å². The fourth-order valence-corrected chi connectivity index (χ4v) is 2.69. The quantitative estimate of drug-likeness (QED) is 0.792. The van der Waals surface area contributed by atoms with E-state index in [1.807, 2.05) is 18.2 Å². The van der Waals surface area contributed by atoms with Crippen LogP contribution in [0.5, 0.6) is 0 Å². The van der Waals surface area contributed by atoms with Crippen molar-refractivity contribution in [1.29, 1.82) is 0 Å². The molecule has 0 spiro atoms. The van der Waals surface area contributed by atoms with Gasteiger partial charge in [0.15, 0.2) is 0 Å². The molecule has 0 bridgehead atoms. The number of nitrogens with one attached hydrogen (secondary N) is 1. The molecule has 0 aromatic heterocycles. The van der Waals surface area contributed by atoms with E-state index < -0.39 is 0 Å². The van der Waals surface area contributed by atoms with Crippen LogP contribution < -0.4 is 5.32 Å².